The fourth-order valence-corrected chi connectivity index (χ4v) is 6.16. The van der Waals surface area contributed by atoms with Crippen LogP contribution in [0.1, 0.15) is 18.4 Å². The molecule has 1 saturated heterocycles. The smallest absolute Gasteiger partial charge is 0.285 e. The first-order valence-corrected chi connectivity index (χ1v) is 13.0. The molecule has 1 amide bonds. The van der Waals surface area contributed by atoms with E-state index in [0.29, 0.717) is 37.3 Å². The topological polar surface area (TPSA) is 116 Å². The molecule has 0 radical (unpaired) electrons. The van der Waals surface area contributed by atoms with Gasteiger partial charge < -0.3 is 10.2 Å². The van der Waals surface area contributed by atoms with E-state index >= 15 is 0 Å². The Balaban J connectivity index is 1.46. The van der Waals surface area contributed by atoms with E-state index in [4.69, 9.17) is 0 Å². The van der Waals surface area contributed by atoms with Crippen LogP contribution in [0.25, 0.3) is 0 Å². The predicted molar refractivity (Wildman–Crippen MR) is 120 cm³/mol. The van der Waals surface area contributed by atoms with Crippen LogP contribution in [0, 0.1) is 5.92 Å². The Morgan fingerprint density at radius 1 is 1.06 bits per heavy atom. The van der Waals surface area contributed by atoms with Crippen LogP contribution in [0.3, 0.4) is 0 Å². The predicted octanol–water partition coefficient (Wildman–Crippen LogP) is 1.74. The second-order valence-corrected chi connectivity index (χ2v) is 11.6. The van der Waals surface area contributed by atoms with Gasteiger partial charge in [0.2, 0.25) is 15.9 Å². The molecule has 1 N–H and O–H groups in total. The largest absolute Gasteiger partial charge is 0.355 e. The fourth-order valence-electron chi connectivity index (χ4n) is 3.90. The summed E-state index contributed by atoms with van der Waals surface area (Å²) >= 11 is 0. The number of piperidine rings is 1. The molecule has 1 fully saturated rings. The van der Waals surface area contributed by atoms with Crippen LogP contribution in [0.15, 0.2) is 62.7 Å². The van der Waals surface area contributed by atoms with E-state index < -0.39 is 20.0 Å². The minimum atomic E-state index is -3.71. The van der Waals surface area contributed by atoms with Crippen molar-refractivity contribution in [1.29, 1.82) is 0 Å². The average molecular weight is 477 g/mol. The number of hydrogen-bond acceptors (Lipinski definition) is 6. The van der Waals surface area contributed by atoms with Crippen LogP contribution in [0.5, 0.6) is 0 Å². The Labute approximate surface area is 187 Å². The third-order valence-electron chi connectivity index (χ3n) is 5.68. The van der Waals surface area contributed by atoms with E-state index in [9.17, 15) is 21.6 Å². The maximum absolute atomic E-state index is 12.9. The average Bonchev–Trinajstić information content (AvgIpc) is 3.05. The lowest BCUT2D eigenvalue weighted by Crippen LogP contribution is -2.41. The molecule has 0 spiro atoms. The molecule has 0 atom stereocenters. The van der Waals surface area contributed by atoms with Crippen LogP contribution >= 0.6 is 0 Å². The molecule has 2 aliphatic rings. The lowest BCUT2D eigenvalue weighted by Gasteiger charge is -2.32. The molecule has 9 nitrogen and oxygen atoms in total. The van der Waals surface area contributed by atoms with Gasteiger partial charge in [-0.05, 0) is 37.1 Å². The van der Waals surface area contributed by atoms with E-state index in [1.54, 1.807) is 42.5 Å². The van der Waals surface area contributed by atoms with Gasteiger partial charge in [0, 0.05) is 38.7 Å². The van der Waals surface area contributed by atoms with Crippen molar-refractivity contribution in [3.8, 4) is 0 Å². The number of likely N-dealkylation sites (tertiary alicyclic amines) is 1. The van der Waals surface area contributed by atoms with Crippen LogP contribution in [0.2, 0.25) is 0 Å². The Morgan fingerprint density at radius 2 is 1.69 bits per heavy atom. The summed E-state index contributed by atoms with van der Waals surface area (Å²) in [7, 11) is -4.52. The molecule has 32 heavy (non-hydrogen) atoms. The summed E-state index contributed by atoms with van der Waals surface area (Å²) in [5.74, 6) is -0.162. The summed E-state index contributed by atoms with van der Waals surface area (Å²) in [5.41, 5.74) is 0.826. The molecule has 11 heteroatoms. The van der Waals surface area contributed by atoms with Crippen molar-refractivity contribution in [3.63, 3.8) is 0 Å². The highest BCUT2D eigenvalue weighted by Gasteiger charge is 2.34. The number of amides is 1. The molecule has 170 valence electrons. The molecule has 2 aromatic rings. The fraction of sp³-hybridized carbons (Fsp3) is 0.333. The summed E-state index contributed by atoms with van der Waals surface area (Å²) < 4.78 is 54.8. The second-order valence-electron chi connectivity index (χ2n) is 7.92. The zero-order valence-corrected chi connectivity index (χ0v) is 19.4. The third-order valence-corrected chi connectivity index (χ3v) is 8.88. The number of hydrogen-bond donors (Lipinski definition) is 1. The highest BCUT2D eigenvalue weighted by atomic mass is 32.2. The van der Waals surface area contributed by atoms with Crippen molar-refractivity contribution in [2.75, 3.05) is 32.5 Å². The standard InChI is InChI=1S/C21H24N4O5S2/c1-24(2)32(29,30)19-10-6-4-8-17(19)22-21(26)15-11-13-25(14-12-15)20-16-7-3-5-9-18(16)31(27,28)23-20/h3-10,15H,11-14H2,1-2H3,(H,22,26). The van der Waals surface area contributed by atoms with Crippen molar-refractivity contribution in [1.82, 2.24) is 9.21 Å². The zero-order chi connectivity index (χ0) is 23.1. The van der Waals surface area contributed by atoms with Gasteiger partial charge in [0.15, 0.2) is 5.84 Å². The van der Waals surface area contributed by atoms with Gasteiger partial charge in [-0.2, -0.15) is 8.42 Å². The number of nitrogens with one attached hydrogen (secondary N) is 1. The first-order valence-electron chi connectivity index (χ1n) is 10.1. The Bertz CT molecular complexity index is 1290. The van der Waals surface area contributed by atoms with Gasteiger partial charge >= 0.3 is 0 Å². The Morgan fingerprint density at radius 3 is 2.38 bits per heavy atom. The maximum atomic E-state index is 12.9. The molecule has 0 bridgehead atoms. The first-order chi connectivity index (χ1) is 15.1. The van der Waals surface area contributed by atoms with Crippen LogP contribution < -0.4 is 5.32 Å². The number of carbonyl (C=O) groups is 1. The highest BCUT2D eigenvalue weighted by Crippen LogP contribution is 2.30. The number of amidine groups is 1. The van der Waals surface area contributed by atoms with Gasteiger partial charge in [-0.15, -0.1) is 4.40 Å². The van der Waals surface area contributed by atoms with E-state index in [2.05, 4.69) is 9.71 Å². The Kier molecular flexibility index (Phi) is 5.82. The number of anilines is 1. The highest BCUT2D eigenvalue weighted by molar-refractivity contribution is 7.90. The van der Waals surface area contributed by atoms with E-state index in [-0.39, 0.29) is 27.3 Å². The van der Waals surface area contributed by atoms with Crippen LogP contribution in [0.4, 0.5) is 5.69 Å². The number of fused-ring (bicyclic) bond motifs is 1. The normalized spacial score (nSPS) is 18.3. The summed E-state index contributed by atoms with van der Waals surface area (Å²) in [5, 5.41) is 2.76. The quantitative estimate of drug-likeness (QED) is 0.719. The van der Waals surface area contributed by atoms with Gasteiger partial charge in [0.1, 0.15) is 9.79 Å². The van der Waals surface area contributed by atoms with Crippen molar-refractivity contribution in [2.24, 2.45) is 10.3 Å². The molecular formula is C21H24N4O5S2. The molecule has 2 heterocycles. The number of rotatable bonds is 4. The van der Waals surface area contributed by atoms with Gasteiger partial charge in [-0.1, -0.05) is 24.3 Å². The third kappa shape index (κ3) is 4.03. The number of para-hydroxylation sites is 1. The maximum Gasteiger partial charge on any atom is 0.285 e. The van der Waals surface area contributed by atoms with Crippen LogP contribution in [-0.4, -0.2) is 65.0 Å². The van der Waals surface area contributed by atoms with Crippen molar-refractivity contribution >= 4 is 37.5 Å². The number of sulfonamides is 2. The summed E-state index contributed by atoms with van der Waals surface area (Å²) in [6.45, 7) is 0.941. The van der Waals surface area contributed by atoms with E-state index in [1.807, 2.05) is 4.90 Å². The van der Waals surface area contributed by atoms with Crippen molar-refractivity contribution in [3.05, 3.63) is 54.1 Å². The van der Waals surface area contributed by atoms with E-state index in [1.165, 1.54) is 20.2 Å². The van der Waals surface area contributed by atoms with Gasteiger partial charge in [-0.3, -0.25) is 4.79 Å². The summed E-state index contributed by atoms with van der Waals surface area (Å²) in [4.78, 5) is 15.0. The lowest BCUT2D eigenvalue weighted by atomic mass is 9.95. The Hall–Kier alpha value is -2.76. The summed E-state index contributed by atoms with van der Waals surface area (Å²) in [6.07, 6.45) is 0.991. The molecule has 4 rings (SSSR count). The second kappa shape index (κ2) is 8.30. The molecule has 0 aliphatic carbocycles. The zero-order valence-electron chi connectivity index (χ0n) is 17.7. The molecular weight excluding hydrogens is 452 g/mol. The lowest BCUT2D eigenvalue weighted by molar-refractivity contribution is -0.121. The number of carbonyl (C=O) groups excluding carboxylic acids is 1. The minimum Gasteiger partial charge on any atom is -0.355 e. The SMILES string of the molecule is CN(C)S(=O)(=O)c1ccccc1NC(=O)C1CCN(C2=NS(=O)(=O)c3ccccc32)CC1. The van der Waals surface area contributed by atoms with E-state index in [0.717, 1.165) is 4.31 Å². The molecule has 0 saturated carbocycles. The summed E-state index contributed by atoms with van der Waals surface area (Å²) in [6, 6.07) is 13.0. The van der Waals surface area contributed by atoms with Crippen LogP contribution in [-0.2, 0) is 24.8 Å². The first kappa shape index (κ1) is 22.4. The molecule has 0 unspecified atom stereocenters. The van der Waals surface area contributed by atoms with Crippen molar-refractivity contribution in [2.45, 2.75) is 22.6 Å². The molecule has 2 aliphatic heterocycles. The molecule has 2 aromatic carbocycles. The number of benzene rings is 2. The monoisotopic (exact) mass is 476 g/mol. The molecule has 0 aromatic heterocycles. The minimum absolute atomic E-state index is 0.0397. The van der Waals surface area contributed by atoms with Gasteiger partial charge in [0.05, 0.1) is 5.69 Å². The van der Waals surface area contributed by atoms with Gasteiger partial charge in [0.25, 0.3) is 10.0 Å². The number of nitrogens with zero attached hydrogens (tertiary/aromatic N) is 3. The van der Waals surface area contributed by atoms with Gasteiger partial charge in [-0.25, -0.2) is 12.7 Å². The van der Waals surface area contributed by atoms with Crippen molar-refractivity contribution < 1.29 is 21.6 Å².